The second-order valence-corrected chi connectivity index (χ2v) is 10.9. The number of rotatable bonds is 7. The molecule has 0 aliphatic heterocycles. The molecule has 5 rings (SSSR count). The minimum Gasteiger partial charge on any atom is -0.285 e. The fourth-order valence-corrected chi connectivity index (χ4v) is 5.27. The summed E-state index contributed by atoms with van der Waals surface area (Å²) >= 11 is 0. The Morgan fingerprint density at radius 2 is 1.71 bits per heavy atom. The first-order valence-corrected chi connectivity index (χ1v) is 13.2. The van der Waals surface area contributed by atoms with Crippen molar-refractivity contribution in [3.05, 3.63) is 101 Å². The molecular formula is C26H27N5O2S. The zero-order valence-corrected chi connectivity index (χ0v) is 20.1. The van der Waals surface area contributed by atoms with Crippen molar-refractivity contribution in [2.45, 2.75) is 43.8 Å². The number of aromatic nitrogens is 4. The van der Waals surface area contributed by atoms with Gasteiger partial charge in [0.05, 0.1) is 17.1 Å². The highest BCUT2D eigenvalue weighted by molar-refractivity contribution is 7.90. The van der Waals surface area contributed by atoms with Crippen molar-refractivity contribution in [2.24, 2.45) is 0 Å². The van der Waals surface area contributed by atoms with Crippen molar-refractivity contribution in [3.63, 3.8) is 0 Å². The topological polar surface area (TPSA) is 81.0 Å². The Morgan fingerprint density at radius 3 is 2.44 bits per heavy atom. The second-order valence-electron chi connectivity index (χ2n) is 8.92. The van der Waals surface area contributed by atoms with Gasteiger partial charge in [0.25, 0.3) is 0 Å². The molecule has 0 saturated heterocycles. The summed E-state index contributed by atoms with van der Waals surface area (Å²) in [5, 5.41) is 12.5. The van der Waals surface area contributed by atoms with E-state index in [1.807, 2.05) is 0 Å². The Hall–Kier alpha value is -3.36. The van der Waals surface area contributed by atoms with Crippen LogP contribution in [0.4, 0.5) is 0 Å². The summed E-state index contributed by atoms with van der Waals surface area (Å²) < 4.78 is 25.4. The maximum Gasteiger partial charge on any atom is 0.175 e. The van der Waals surface area contributed by atoms with Crippen LogP contribution in [-0.4, -0.2) is 39.8 Å². The van der Waals surface area contributed by atoms with Crippen LogP contribution in [0, 0.1) is 6.92 Å². The fraction of sp³-hybridized carbons (Fsp3) is 0.269. The van der Waals surface area contributed by atoms with Gasteiger partial charge in [0.15, 0.2) is 15.7 Å². The summed E-state index contributed by atoms with van der Waals surface area (Å²) in [5.74, 6) is 0.712. The lowest BCUT2D eigenvalue weighted by Crippen LogP contribution is -2.28. The first kappa shape index (κ1) is 22.4. The van der Waals surface area contributed by atoms with Crippen LogP contribution in [-0.2, 0) is 29.3 Å². The van der Waals surface area contributed by atoms with Crippen molar-refractivity contribution >= 4 is 9.84 Å². The molecule has 7 nitrogen and oxygen atoms in total. The number of hydrogen-bond acceptors (Lipinski definition) is 6. The predicted molar refractivity (Wildman–Crippen MR) is 130 cm³/mol. The number of sulfone groups is 1. The Kier molecular flexibility index (Phi) is 6.02. The number of hydrogen-bond donors (Lipinski definition) is 0. The quantitative estimate of drug-likeness (QED) is 0.403. The Labute approximate surface area is 200 Å². The summed E-state index contributed by atoms with van der Waals surface area (Å²) in [6.45, 7) is 3.44. The van der Waals surface area contributed by atoms with E-state index in [0.29, 0.717) is 12.4 Å². The van der Waals surface area contributed by atoms with Crippen molar-refractivity contribution < 1.29 is 8.42 Å². The highest BCUT2D eigenvalue weighted by Gasteiger charge is 2.29. The van der Waals surface area contributed by atoms with Gasteiger partial charge in [-0.05, 0) is 71.1 Å². The van der Waals surface area contributed by atoms with Gasteiger partial charge < -0.3 is 0 Å². The van der Waals surface area contributed by atoms with Gasteiger partial charge in [0, 0.05) is 18.8 Å². The molecule has 0 saturated carbocycles. The molecule has 34 heavy (non-hydrogen) atoms. The summed E-state index contributed by atoms with van der Waals surface area (Å²) in [4.78, 5) is 2.71. The highest BCUT2D eigenvalue weighted by Crippen LogP contribution is 2.37. The smallest absolute Gasteiger partial charge is 0.175 e. The van der Waals surface area contributed by atoms with Gasteiger partial charge >= 0.3 is 0 Å². The zero-order chi connectivity index (χ0) is 23.7. The van der Waals surface area contributed by atoms with Crippen LogP contribution in [0.25, 0.3) is 5.69 Å². The van der Waals surface area contributed by atoms with Gasteiger partial charge in [0.2, 0.25) is 0 Å². The van der Waals surface area contributed by atoms with Crippen LogP contribution in [0.2, 0.25) is 0 Å². The Morgan fingerprint density at radius 1 is 0.971 bits per heavy atom. The molecule has 1 heterocycles. The van der Waals surface area contributed by atoms with Gasteiger partial charge in [0.1, 0.15) is 0 Å². The van der Waals surface area contributed by atoms with Crippen LogP contribution in [0.15, 0.2) is 77.7 Å². The molecule has 8 heteroatoms. The van der Waals surface area contributed by atoms with E-state index in [4.69, 9.17) is 0 Å². The molecule has 0 N–H and O–H groups in total. The normalized spacial score (nSPS) is 15.6. The largest absolute Gasteiger partial charge is 0.285 e. The monoisotopic (exact) mass is 473 g/mol. The molecule has 0 spiro atoms. The van der Waals surface area contributed by atoms with E-state index in [1.165, 1.54) is 28.5 Å². The summed E-state index contributed by atoms with van der Waals surface area (Å²) in [6, 6.07) is 24.2. The average molecular weight is 474 g/mol. The molecule has 1 unspecified atom stereocenters. The number of nitrogens with zero attached hydrogens (tertiary/aromatic N) is 5. The van der Waals surface area contributed by atoms with Crippen LogP contribution in [0.3, 0.4) is 0 Å². The minimum absolute atomic E-state index is 0.273. The first-order valence-electron chi connectivity index (χ1n) is 11.3. The van der Waals surface area contributed by atoms with E-state index < -0.39 is 9.84 Å². The molecule has 0 fully saturated rings. The lowest BCUT2D eigenvalue weighted by molar-refractivity contribution is 0.172. The third-order valence-corrected chi connectivity index (χ3v) is 7.56. The van der Waals surface area contributed by atoms with E-state index in [0.717, 1.165) is 25.1 Å². The van der Waals surface area contributed by atoms with Crippen molar-refractivity contribution in [1.82, 2.24) is 25.1 Å². The molecule has 1 aromatic heterocycles. The zero-order valence-electron chi connectivity index (χ0n) is 19.3. The molecule has 3 aromatic carbocycles. The van der Waals surface area contributed by atoms with E-state index in [9.17, 15) is 8.42 Å². The van der Waals surface area contributed by atoms with Crippen LogP contribution < -0.4 is 0 Å². The van der Waals surface area contributed by atoms with Gasteiger partial charge in [-0.25, -0.2) is 8.42 Å². The Bertz CT molecular complexity index is 1400. The summed E-state index contributed by atoms with van der Waals surface area (Å²) in [5.41, 5.74) is 5.98. The minimum atomic E-state index is -3.26. The molecule has 0 bridgehead atoms. The fourth-order valence-electron chi connectivity index (χ4n) is 4.64. The molecule has 0 amide bonds. The maximum atomic E-state index is 11.8. The summed E-state index contributed by atoms with van der Waals surface area (Å²) in [6.07, 6.45) is 3.31. The van der Waals surface area contributed by atoms with E-state index in [2.05, 4.69) is 75.9 Å². The molecule has 1 aliphatic rings. The number of benzene rings is 3. The number of tetrazole rings is 1. The van der Waals surface area contributed by atoms with Crippen molar-refractivity contribution in [2.75, 3.05) is 6.26 Å². The molecule has 1 aliphatic carbocycles. The lowest BCUT2D eigenvalue weighted by Gasteiger charge is -2.29. The third-order valence-electron chi connectivity index (χ3n) is 6.44. The number of fused-ring (bicyclic) bond motifs is 1. The maximum absolute atomic E-state index is 11.8. The highest BCUT2D eigenvalue weighted by atomic mass is 32.2. The second kappa shape index (κ2) is 9.12. The first-order chi connectivity index (χ1) is 16.4. The number of aryl methyl sites for hydroxylation is 2. The van der Waals surface area contributed by atoms with Gasteiger partial charge in [-0.3, -0.25) is 4.90 Å². The molecule has 174 valence electrons. The summed E-state index contributed by atoms with van der Waals surface area (Å²) in [7, 11) is -3.26. The van der Waals surface area contributed by atoms with Gasteiger partial charge in [-0.1, -0.05) is 54.1 Å². The van der Waals surface area contributed by atoms with Crippen LogP contribution >= 0.6 is 0 Å². The van der Waals surface area contributed by atoms with Gasteiger partial charge in [-0.15, -0.1) is 5.10 Å². The SMILES string of the molecule is Cc1ccc(CN(Cc2nnnn2-c2ccc(S(C)(=O)=O)cc2)C2CCc3ccccc32)cc1. The van der Waals surface area contributed by atoms with Crippen LogP contribution in [0.5, 0.6) is 0 Å². The standard InChI is InChI=1S/C26H27N5O2S/c1-19-7-9-20(10-8-19)17-30(25-16-11-21-5-3-4-6-24(21)25)18-26-27-28-29-31(26)22-12-14-23(15-13-22)34(2,32)33/h3-10,12-15,25H,11,16-18H2,1-2H3. The van der Waals surface area contributed by atoms with Crippen molar-refractivity contribution in [1.29, 1.82) is 0 Å². The van der Waals surface area contributed by atoms with E-state index in [1.54, 1.807) is 28.9 Å². The molecule has 4 aromatic rings. The average Bonchev–Trinajstić information content (AvgIpc) is 3.47. The molecule has 0 radical (unpaired) electrons. The van der Waals surface area contributed by atoms with Gasteiger partial charge in [-0.2, -0.15) is 4.68 Å². The third kappa shape index (κ3) is 4.64. The van der Waals surface area contributed by atoms with E-state index >= 15 is 0 Å². The van der Waals surface area contributed by atoms with Crippen molar-refractivity contribution in [3.8, 4) is 5.69 Å². The lowest BCUT2D eigenvalue weighted by atomic mass is 10.1. The predicted octanol–water partition coefficient (Wildman–Crippen LogP) is 4.06. The Balaban J connectivity index is 1.47. The molecule has 1 atom stereocenters. The molecular weight excluding hydrogens is 446 g/mol. The van der Waals surface area contributed by atoms with E-state index in [-0.39, 0.29) is 10.9 Å². The van der Waals surface area contributed by atoms with Crippen LogP contribution in [0.1, 0.15) is 40.5 Å².